The molecule has 126 valence electrons. The lowest BCUT2D eigenvalue weighted by Crippen LogP contribution is -2.43. The van der Waals surface area contributed by atoms with Gasteiger partial charge in [-0.3, -0.25) is 4.99 Å². The van der Waals surface area contributed by atoms with Crippen LogP contribution in [0.15, 0.2) is 58.1 Å². The predicted molar refractivity (Wildman–Crippen MR) is 96.1 cm³/mol. The zero-order valence-corrected chi connectivity index (χ0v) is 14.2. The molecule has 2 aromatic rings. The molecule has 24 heavy (non-hydrogen) atoms. The number of hydrogen-bond donors (Lipinski definition) is 1. The van der Waals surface area contributed by atoms with Gasteiger partial charge in [0, 0.05) is 20.1 Å². The molecule has 5 nitrogen and oxygen atoms in total. The van der Waals surface area contributed by atoms with Crippen LogP contribution in [0.25, 0.3) is 5.57 Å². The summed E-state index contributed by atoms with van der Waals surface area (Å²) < 4.78 is 10.7. The van der Waals surface area contributed by atoms with E-state index in [9.17, 15) is 0 Å². The third-order valence-corrected chi connectivity index (χ3v) is 4.16. The van der Waals surface area contributed by atoms with Gasteiger partial charge in [-0.15, -0.1) is 0 Å². The van der Waals surface area contributed by atoms with Crippen molar-refractivity contribution in [1.82, 2.24) is 10.2 Å². The highest BCUT2D eigenvalue weighted by atomic mass is 16.5. The molecule has 3 rings (SSSR count). The molecule has 5 heteroatoms. The first-order chi connectivity index (χ1) is 11.8. The summed E-state index contributed by atoms with van der Waals surface area (Å²) in [4.78, 5) is 6.62. The van der Waals surface area contributed by atoms with Crippen molar-refractivity contribution in [1.29, 1.82) is 0 Å². The summed E-state index contributed by atoms with van der Waals surface area (Å²) in [5.74, 6) is 2.69. The van der Waals surface area contributed by atoms with Gasteiger partial charge in [-0.25, -0.2) is 0 Å². The van der Waals surface area contributed by atoms with Crippen LogP contribution >= 0.6 is 0 Å². The van der Waals surface area contributed by atoms with Crippen LogP contribution in [0.1, 0.15) is 17.7 Å². The van der Waals surface area contributed by atoms with Crippen molar-refractivity contribution in [2.75, 3.05) is 27.2 Å². The average molecular weight is 325 g/mol. The Morgan fingerprint density at radius 3 is 2.92 bits per heavy atom. The molecule has 0 unspecified atom stereocenters. The molecule has 0 atom stereocenters. The second-order valence-corrected chi connectivity index (χ2v) is 5.64. The first-order valence-electron chi connectivity index (χ1n) is 8.11. The quantitative estimate of drug-likeness (QED) is 0.693. The summed E-state index contributed by atoms with van der Waals surface area (Å²) in [7, 11) is 3.51. The number of nitrogens with one attached hydrogen (secondary N) is 1. The maximum Gasteiger partial charge on any atom is 0.194 e. The molecule has 1 aliphatic heterocycles. The van der Waals surface area contributed by atoms with E-state index >= 15 is 0 Å². The lowest BCUT2D eigenvalue weighted by Gasteiger charge is -2.29. The van der Waals surface area contributed by atoms with E-state index in [2.05, 4.69) is 33.4 Å². The topological polar surface area (TPSA) is 50.0 Å². The minimum absolute atomic E-state index is 0.641. The normalized spacial score (nSPS) is 15.2. The molecule has 1 aromatic heterocycles. The van der Waals surface area contributed by atoms with Crippen LogP contribution in [-0.2, 0) is 6.54 Å². The van der Waals surface area contributed by atoms with Gasteiger partial charge in [0.2, 0.25) is 0 Å². The van der Waals surface area contributed by atoms with Gasteiger partial charge in [0.25, 0.3) is 0 Å². The highest BCUT2D eigenvalue weighted by molar-refractivity contribution is 5.81. The minimum atomic E-state index is 0.641. The van der Waals surface area contributed by atoms with Crippen LogP contribution in [0.2, 0.25) is 0 Å². The van der Waals surface area contributed by atoms with Crippen LogP contribution in [0.4, 0.5) is 0 Å². The highest BCUT2D eigenvalue weighted by Gasteiger charge is 2.16. The molecular weight excluding hydrogens is 302 g/mol. The van der Waals surface area contributed by atoms with E-state index in [0.717, 1.165) is 37.0 Å². The molecule has 1 aliphatic rings. The Balaban J connectivity index is 1.62. The monoisotopic (exact) mass is 325 g/mol. The zero-order chi connectivity index (χ0) is 16.8. The molecule has 0 amide bonds. The molecular formula is C19H23N3O2. The standard InChI is InChI=1S/C19H23N3O2/c1-20-19(21-14-18-7-4-12-24-18)22-10-8-15(9-11-22)16-5-3-6-17(13-16)23-2/h3-8,12-13H,9-11,14H2,1-2H3,(H,20,21). The maximum absolute atomic E-state index is 5.35. The molecule has 1 N–H and O–H groups in total. The first kappa shape index (κ1) is 16.2. The smallest absolute Gasteiger partial charge is 0.194 e. The van der Waals surface area contributed by atoms with Crippen molar-refractivity contribution < 1.29 is 9.15 Å². The fourth-order valence-corrected chi connectivity index (χ4v) is 2.86. The van der Waals surface area contributed by atoms with Gasteiger partial charge in [-0.05, 0) is 41.8 Å². The summed E-state index contributed by atoms with van der Waals surface area (Å²) in [5.41, 5.74) is 2.58. The minimum Gasteiger partial charge on any atom is -0.497 e. The third-order valence-electron chi connectivity index (χ3n) is 4.16. The Morgan fingerprint density at radius 2 is 2.25 bits per heavy atom. The number of ether oxygens (including phenoxy) is 1. The molecule has 0 saturated carbocycles. The predicted octanol–water partition coefficient (Wildman–Crippen LogP) is 3.15. The largest absolute Gasteiger partial charge is 0.497 e. The highest BCUT2D eigenvalue weighted by Crippen LogP contribution is 2.25. The Bertz CT molecular complexity index is 720. The van der Waals surface area contributed by atoms with Crippen molar-refractivity contribution >= 4 is 11.5 Å². The first-order valence-corrected chi connectivity index (χ1v) is 8.11. The van der Waals surface area contributed by atoms with Gasteiger partial charge in [0.1, 0.15) is 11.5 Å². The van der Waals surface area contributed by atoms with Gasteiger partial charge in [-0.2, -0.15) is 0 Å². The summed E-state index contributed by atoms with van der Waals surface area (Å²) in [6, 6.07) is 12.1. The number of rotatable bonds is 4. The number of nitrogens with zero attached hydrogens (tertiary/aromatic N) is 2. The van der Waals surface area contributed by atoms with E-state index in [4.69, 9.17) is 9.15 Å². The maximum atomic E-state index is 5.35. The number of furan rings is 1. The van der Waals surface area contributed by atoms with E-state index in [1.165, 1.54) is 11.1 Å². The van der Waals surface area contributed by atoms with Crippen molar-refractivity contribution in [2.24, 2.45) is 4.99 Å². The molecule has 2 heterocycles. The summed E-state index contributed by atoms with van der Waals surface area (Å²) in [5, 5.41) is 3.35. The summed E-state index contributed by atoms with van der Waals surface area (Å²) in [6.45, 7) is 2.41. The van der Waals surface area contributed by atoms with Gasteiger partial charge in [0.05, 0.1) is 19.9 Å². The van der Waals surface area contributed by atoms with Crippen molar-refractivity contribution in [3.05, 3.63) is 60.1 Å². The van der Waals surface area contributed by atoms with Gasteiger partial charge < -0.3 is 19.4 Å². The van der Waals surface area contributed by atoms with Crippen molar-refractivity contribution in [2.45, 2.75) is 13.0 Å². The van der Waals surface area contributed by atoms with Crippen molar-refractivity contribution in [3.8, 4) is 5.75 Å². The fraction of sp³-hybridized carbons (Fsp3) is 0.316. The molecule has 0 aliphatic carbocycles. The molecule has 0 saturated heterocycles. The Kier molecular flexibility index (Phi) is 5.21. The van der Waals surface area contributed by atoms with Crippen LogP contribution in [0, 0.1) is 0 Å². The van der Waals surface area contributed by atoms with Crippen LogP contribution in [-0.4, -0.2) is 38.1 Å². The summed E-state index contributed by atoms with van der Waals surface area (Å²) >= 11 is 0. The zero-order valence-electron chi connectivity index (χ0n) is 14.2. The van der Waals surface area contributed by atoms with E-state index in [1.807, 2.05) is 31.3 Å². The number of guanidine groups is 1. The third kappa shape index (κ3) is 3.79. The lowest BCUT2D eigenvalue weighted by molar-refractivity contribution is 0.414. The summed E-state index contributed by atoms with van der Waals surface area (Å²) in [6.07, 6.45) is 4.93. The van der Waals surface area contributed by atoms with Crippen LogP contribution in [0.3, 0.4) is 0 Å². The molecule has 0 radical (unpaired) electrons. The second kappa shape index (κ2) is 7.73. The van der Waals surface area contributed by atoms with E-state index < -0.39 is 0 Å². The van der Waals surface area contributed by atoms with Gasteiger partial charge in [0.15, 0.2) is 5.96 Å². The van der Waals surface area contributed by atoms with Crippen molar-refractivity contribution in [3.63, 3.8) is 0 Å². The van der Waals surface area contributed by atoms with E-state index in [0.29, 0.717) is 6.54 Å². The Morgan fingerprint density at radius 1 is 1.33 bits per heavy atom. The van der Waals surface area contributed by atoms with Crippen LogP contribution in [0.5, 0.6) is 5.75 Å². The van der Waals surface area contributed by atoms with E-state index in [1.54, 1.807) is 13.4 Å². The van der Waals surface area contributed by atoms with E-state index in [-0.39, 0.29) is 0 Å². The number of methoxy groups -OCH3 is 1. The number of hydrogen-bond acceptors (Lipinski definition) is 3. The lowest BCUT2D eigenvalue weighted by atomic mass is 9.99. The molecule has 1 aromatic carbocycles. The molecule has 0 bridgehead atoms. The molecule has 0 fully saturated rings. The Labute approximate surface area is 142 Å². The number of aliphatic imine (C=N–C) groups is 1. The fourth-order valence-electron chi connectivity index (χ4n) is 2.86. The van der Waals surface area contributed by atoms with Crippen LogP contribution < -0.4 is 10.1 Å². The average Bonchev–Trinajstić information content (AvgIpc) is 3.16. The van der Waals surface area contributed by atoms with Gasteiger partial charge in [-0.1, -0.05) is 18.2 Å². The number of benzene rings is 1. The second-order valence-electron chi connectivity index (χ2n) is 5.64. The molecule has 0 spiro atoms. The Hall–Kier alpha value is -2.69. The van der Waals surface area contributed by atoms with Gasteiger partial charge >= 0.3 is 0 Å². The SMILES string of the molecule is CN=C(NCc1ccco1)N1CC=C(c2cccc(OC)c2)CC1.